The number of pyridine rings is 2. The first-order chi connectivity index (χ1) is 28.4. The van der Waals surface area contributed by atoms with Crippen molar-refractivity contribution in [2.75, 3.05) is 10.6 Å². The number of aryl methyl sites for hydroxylation is 4. The molecule has 0 saturated heterocycles. The first kappa shape index (κ1) is 43.2. The Morgan fingerprint density at radius 1 is 0.600 bits per heavy atom. The summed E-state index contributed by atoms with van der Waals surface area (Å²) in [4.78, 5) is 44.7. The first-order valence-electron chi connectivity index (χ1n) is 19.4. The molecule has 12 heteroatoms. The predicted molar refractivity (Wildman–Crippen MR) is 248 cm³/mol. The SMILES string of the molecule is C.CCc1ncc(C)c(N[C@H](C)c2cc3cccc(Cl)c3c(=O)n2-c2ccccc2)n1.Cc1ncc(C)c(N[C@H](C)c2cc3cccc(Cl)c3c(=O)n2-c2ccccc2)n1. The molecule has 0 saturated carbocycles. The molecule has 0 aliphatic heterocycles. The third kappa shape index (κ3) is 8.95. The van der Waals surface area contributed by atoms with Gasteiger partial charge in [-0.3, -0.25) is 18.7 Å². The molecule has 0 aliphatic carbocycles. The standard InChI is InChI=1S/C24H23ClN4O.C23H21ClN4O.CH4/c1-4-21-26-14-15(2)23(28-21)27-16(3)20-13-17-9-8-12-19(25)22(17)24(30)29(20)18-10-6-5-7-11-18;1-14-13-25-16(3)27-22(14)26-15(2)20-12-17-8-7-11-19(24)21(17)23(29)28(20)18-9-5-4-6-10-18;/h5-14,16H,4H2,1-3H3,(H,26,27,28);4-13,15H,1-3H3,(H,25,26,27);1H4/t16-;15-;/m11./s1. The highest BCUT2D eigenvalue weighted by Crippen LogP contribution is 2.29. The number of rotatable bonds is 9. The van der Waals surface area contributed by atoms with E-state index in [1.54, 1.807) is 27.5 Å². The van der Waals surface area contributed by atoms with Gasteiger partial charge in [-0.1, -0.05) is 98.2 Å². The van der Waals surface area contributed by atoms with Crippen molar-refractivity contribution in [2.45, 2.75) is 67.5 Å². The van der Waals surface area contributed by atoms with Gasteiger partial charge in [0.1, 0.15) is 23.3 Å². The van der Waals surface area contributed by atoms with Crippen LogP contribution in [0.15, 0.2) is 131 Å². The Kier molecular flexibility index (Phi) is 13.5. The van der Waals surface area contributed by atoms with Crippen molar-refractivity contribution in [3.8, 4) is 11.4 Å². The van der Waals surface area contributed by atoms with Gasteiger partial charge >= 0.3 is 0 Å². The van der Waals surface area contributed by atoms with Gasteiger partial charge in [0.25, 0.3) is 11.1 Å². The molecule has 0 aliphatic rings. The average molecular weight is 840 g/mol. The van der Waals surface area contributed by atoms with Crippen LogP contribution in [0, 0.1) is 20.8 Å². The van der Waals surface area contributed by atoms with Gasteiger partial charge in [0.2, 0.25) is 0 Å². The molecule has 2 N–H and O–H groups in total. The molecule has 0 amide bonds. The number of hydrogen-bond acceptors (Lipinski definition) is 8. The van der Waals surface area contributed by atoms with Gasteiger partial charge in [0.15, 0.2) is 0 Å². The van der Waals surface area contributed by atoms with E-state index >= 15 is 0 Å². The highest BCUT2D eigenvalue weighted by Gasteiger charge is 2.20. The lowest BCUT2D eigenvalue weighted by Gasteiger charge is -2.22. The Morgan fingerprint density at radius 3 is 1.48 bits per heavy atom. The molecule has 60 heavy (non-hydrogen) atoms. The van der Waals surface area contributed by atoms with Gasteiger partial charge in [-0.2, -0.15) is 0 Å². The lowest BCUT2D eigenvalue weighted by molar-refractivity contribution is 0.768. The number of anilines is 2. The van der Waals surface area contributed by atoms with Crippen LogP contribution >= 0.6 is 23.2 Å². The minimum Gasteiger partial charge on any atom is -0.362 e. The summed E-state index contributed by atoms with van der Waals surface area (Å²) >= 11 is 12.8. The maximum absolute atomic E-state index is 13.5. The van der Waals surface area contributed by atoms with E-state index in [-0.39, 0.29) is 30.6 Å². The van der Waals surface area contributed by atoms with E-state index in [2.05, 4.69) is 30.6 Å². The summed E-state index contributed by atoms with van der Waals surface area (Å²) in [5.74, 6) is 2.99. The van der Waals surface area contributed by atoms with E-state index in [0.717, 1.165) is 68.5 Å². The quantitative estimate of drug-likeness (QED) is 0.147. The van der Waals surface area contributed by atoms with Gasteiger partial charge in [0, 0.05) is 52.7 Å². The number of nitrogens with zero attached hydrogens (tertiary/aromatic N) is 6. The van der Waals surface area contributed by atoms with E-state index in [0.29, 0.717) is 26.6 Å². The second-order valence-corrected chi connectivity index (χ2v) is 15.2. The second-order valence-electron chi connectivity index (χ2n) is 14.4. The van der Waals surface area contributed by atoms with Crippen LogP contribution in [0.4, 0.5) is 11.6 Å². The molecule has 306 valence electrons. The third-order valence-corrected chi connectivity index (χ3v) is 10.7. The Bertz CT molecular complexity index is 2920. The maximum atomic E-state index is 13.5. The molecule has 10 nitrogen and oxygen atoms in total. The number of halogens is 2. The largest absolute Gasteiger partial charge is 0.362 e. The van der Waals surface area contributed by atoms with Crippen LogP contribution in [0.3, 0.4) is 0 Å². The molecular weight excluding hydrogens is 791 g/mol. The number of aromatic nitrogens is 6. The highest BCUT2D eigenvalue weighted by atomic mass is 35.5. The molecule has 0 bridgehead atoms. The molecule has 0 spiro atoms. The number of nitrogens with one attached hydrogen (secondary N) is 2. The zero-order valence-corrected chi connectivity index (χ0v) is 35.2. The van der Waals surface area contributed by atoms with E-state index in [9.17, 15) is 9.59 Å². The molecule has 4 heterocycles. The summed E-state index contributed by atoms with van der Waals surface area (Å²) in [5.41, 5.74) is 4.86. The lowest BCUT2D eigenvalue weighted by Crippen LogP contribution is -2.26. The molecule has 4 aromatic heterocycles. The second kappa shape index (κ2) is 18.7. The molecular formula is C48H48Cl2N8O2. The number of para-hydroxylation sites is 2. The summed E-state index contributed by atoms with van der Waals surface area (Å²) in [6.45, 7) is 11.8. The van der Waals surface area contributed by atoms with Crippen LogP contribution in [0.2, 0.25) is 10.0 Å². The fourth-order valence-electron chi connectivity index (χ4n) is 7.03. The lowest BCUT2D eigenvalue weighted by atomic mass is 10.1. The van der Waals surface area contributed by atoms with Crippen LogP contribution in [0.1, 0.15) is 74.4 Å². The zero-order valence-electron chi connectivity index (χ0n) is 33.7. The summed E-state index contributed by atoms with van der Waals surface area (Å²) in [5, 5.41) is 10.5. The highest BCUT2D eigenvalue weighted by molar-refractivity contribution is 6.35. The van der Waals surface area contributed by atoms with Crippen molar-refractivity contribution in [1.82, 2.24) is 29.1 Å². The maximum Gasteiger partial charge on any atom is 0.264 e. The molecule has 0 fully saturated rings. The fraction of sp³-hybridized carbons (Fsp3) is 0.208. The number of benzene rings is 4. The monoisotopic (exact) mass is 838 g/mol. The molecule has 0 unspecified atom stereocenters. The Labute approximate surface area is 360 Å². The fourth-order valence-corrected chi connectivity index (χ4v) is 7.56. The Balaban J connectivity index is 0.000000198. The third-order valence-electron chi connectivity index (χ3n) is 10.1. The van der Waals surface area contributed by atoms with E-state index in [1.807, 2.05) is 145 Å². The summed E-state index contributed by atoms with van der Waals surface area (Å²) in [6.07, 6.45) is 4.37. The molecule has 4 aromatic carbocycles. The minimum atomic E-state index is -0.181. The molecule has 8 aromatic rings. The minimum absolute atomic E-state index is 0. The number of fused-ring (bicyclic) bond motifs is 2. The van der Waals surface area contributed by atoms with Crippen LogP contribution in [-0.2, 0) is 6.42 Å². The van der Waals surface area contributed by atoms with E-state index in [4.69, 9.17) is 23.2 Å². The van der Waals surface area contributed by atoms with Crippen molar-refractivity contribution in [2.24, 2.45) is 0 Å². The van der Waals surface area contributed by atoms with E-state index in [1.165, 1.54) is 0 Å². The summed E-state index contributed by atoms with van der Waals surface area (Å²) in [6, 6.07) is 33.9. The van der Waals surface area contributed by atoms with Crippen LogP contribution < -0.4 is 21.8 Å². The van der Waals surface area contributed by atoms with Crippen LogP contribution in [-0.4, -0.2) is 29.1 Å². The van der Waals surface area contributed by atoms with E-state index < -0.39 is 0 Å². The van der Waals surface area contributed by atoms with Crippen LogP contribution in [0.5, 0.6) is 0 Å². The van der Waals surface area contributed by atoms with Gasteiger partial charge in [-0.25, -0.2) is 19.9 Å². The predicted octanol–water partition coefficient (Wildman–Crippen LogP) is 11.3. The van der Waals surface area contributed by atoms with Crippen LogP contribution in [0.25, 0.3) is 32.9 Å². The zero-order chi connectivity index (χ0) is 41.8. The first-order valence-corrected chi connectivity index (χ1v) is 20.2. The molecule has 8 rings (SSSR count). The topological polar surface area (TPSA) is 120 Å². The van der Waals surface area contributed by atoms with Crippen molar-refractivity contribution in [1.29, 1.82) is 0 Å². The average Bonchev–Trinajstić information content (AvgIpc) is 3.23. The van der Waals surface area contributed by atoms with Gasteiger partial charge in [-0.05, 0) is 93.9 Å². The molecule has 2 atom stereocenters. The van der Waals surface area contributed by atoms with Gasteiger partial charge < -0.3 is 10.6 Å². The van der Waals surface area contributed by atoms with Crippen molar-refractivity contribution in [3.05, 3.63) is 187 Å². The van der Waals surface area contributed by atoms with Gasteiger partial charge in [-0.15, -0.1) is 0 Å². The molecule has 0 radical (unpaired) electrons. The normalized spacial score (nSPS) is 11.9. The van der Waals surface area contributed by atoms with Crippen molar-refractivity contribution < 1.29 is 0 Å². The van der Waals surface area contributed by atoms with Gasteiger partial charge in [0.05, 0.1) is 32.9 Å². The number of hydrogen-bond donors (Lipinski definition) is 2. The Morgan fingerprint density at radius 2 is 1.03 bits per heavy atom. The Hall–Kier alpha value is -6.36. The van der Waals surface area contributed by atoms with Crippen molar-refractivity contribution >= 4 is 56.4 Å². The summed E-state index contributed by atoms with van der Waals surface area (Å²) < 4.78 is 3.44. The van der Waals surface area contributed by atoms with Crippen molar-refractivity contribution in [3.63, 3.8) is 0 Å². The smallest absolute Gasteiger partial charge is 0.264 e. The summed E-state index contributed by atoms with van der Waals surface area (Å²) in [7, 11) is 0.